The SMILES string of the molecule is Nc1ccc2cc(S(=O)(=O)O)ccc2c1N=Nc1ccc(/C=C/c2ccc(N=Nc3c(N)ccc4ccc(S(=O)(=O)O)cc34)cc2S(=O)(=O)O)c(S(=O)(=O)O)c1. The highest BCUT2D eigenvalue weighted by atomic mass is 32.2. The van der Waals surface area contributed by atoms with Crippen molar-refractivity contribution in [3.05, 3.63) is 108 Å². The van der Waals surface area contributed by atoms with Gasteiger partial charge in [0.15, 0.2) is 0 Å². The van der Waals surface area contributed by atoms with E-state index in [1.807, 2.05) is 0 Å². The van der Waals surface area contributed by atoms with Crippen LogP contribution >= 0.6 is 0 Å². The lowest BCUT2D eigenvalue weighted by Crippen LogP contribution is -2.01. The first-order valence-corrected chi connectivity index (χ1v) is 21.2. The van der Waals surface area contributed by atoms with Crippen LogP contribution in [0, 0.1) is 0 Å². The Balaban J connectivity index is 1.34. The Bertz CT molecular complexity index is 3170. The van der Waals surface area contributed by atoms with Crippen molar-refractivity contribution in [1.82, 2.24) is 0 Å². The van der Waals surface area contributed by atoms with E-state index < -0.39 is 55.2 Å². The third-order valence-corrected chi connectivity index (χ3v) is 11.6. The molecule has 0 saturated heterocycles. The fourth-order valence-electron chi connectivity index (χ4n) is 5.44. The summed E-state index contributed by atoms with van der Waals surface area (Å²) < 4.78 is 135. The van der Waals surface area contributed by atoms with E-state index in [4.69, 9.17) is 11.5 Å². The minimum absolute atomic E-state index is 0.000884. The first kappa shape index (κ1) is 39.7. The monoisotopic (exact) mass is 838 g/mol. The number of nitrogens with two attached hydrogens (primary N) is 2. The van der Waals surface area contributed by atoms with Crippen molar-refractivity contribution in [1.29, 1.82) is 0 Å². The molecule has 0 unspecified atom stereocenters. The summed E-state index contributed by atoms with van der Waals surface area (Å²) in [5.41, 5.74) is 12.0. The Morgan fingerprint density at radius 3 is 1.34 bits per heavy atom. The summed E-state index contributed by atoms with van der Waals surface area (Å²) in [4.78, 5) is -2.12. The Morgan fingerprint density at radius 2 is 0.857 bits per heavy atom. The van der Waals surface area contributed by atoms with Crippen LogP contribution in [0.25, 0.3) is 33.7 Å². The minimum atomic E-state index is -4.94. The van der Waals surface area contributed by atoms with Crippen LogP contribution < -0.4 is 11.5 Å². The van der Waals surface area contributed by atoms with Crippen LogP contribution in [0.3, 0.4) is 0 Å². The molecule has 0 heterocycles. The number of nitrogen functional groups attached to an aromatic ring is 2. The van der Waals surface area contributed by atoms with E-state index in [0.717, 1.165) is 36.4 Å². The van der Waals surface area contributed by atoms with Crippen LogP contribution in [0.4, 0.5) is 34.1 Å². The molecule has 0 fully saturated rings. The molecule has 6 aromatic carbocycles. The van der Waals surface area contributed by atoms with E-state index in [-0.39, 0.29) is 55.5 Å². The minimum Gasteiger partial charge on any atom is -0.397 e. The number of hydrogen-bond donors (Lipinski definition) is 6. The van der Waals surface area contributed by atoms with Gasteiger partial charge in [0.2, 0.25) is 0 Å². The molecule has 56 heavy (non-hydrogen) atoms. The van der Waals surface area contributed by atoms with E-state index in [0.29, 0.717) is 16.2 Å². The molecule has 0 aliphatic carbocycles. The van der Waals surface area contributed by atoms with Gasteiger partial charge in [-0.25, -0.2) is 0 Å². The Labute approximate surface area is 318 Å². The van der Waals surface area contributed by atoms with E-state index in [1.165, 1.54) is 66.7 Å². The summed E-state index contributed by atoms with van der Waals surface area (Å²) >= 11 is 0. The molecule has 0 aliphatic heterocycles. The quantitative estimate of drug-likeness (QED) is 0.0345. The molecule has 22 heteroatoms. The summed E-state index contributed by atoms with van der Waals surface area (Å²) in [5.74, 6) is 0. The number of benzene rings is 6. The maximum atomic E-state index is 12.4. The van der Waals surface area contributed by atoms with Gasteiger partial charge in [0.05, 0.1) is 32.5 Å². The summed E-state index contributed by atoms with van der Waals surface area (Å²) in [6.45, 7) is 0. The molecule has 0 aromatic heterocycles. The second-order valence-electron chi connectivity index (χ2n) is 11.9. The van der Waals surface area contributed by atoms with E-state index in [9.17, 15) is 51.9 Å². The number of azo groups is 2. The molecule has 0 aliphatic rings. The molecule has 6 rings (SSSR count). The van der Waals surface area contributed by atoms with Gasteiger partial charge in [-0.15, -0.1) is 10.2 Å². The molecule has 18 nitrogen and oxygen atoms in total. The third-order valence-electron chi connectivity index (χ3n) is 8.11. The molecule has 288 valence electrons. The van der Waals surface area contributed by atoms with Crippen molar-refractivity contribution in [2.24, 2.45) is 20.5 Å². The first-order chi connectivity index (χ1) is 26.1. The average molecular weight is 839 g/mol. The second kappa shape index (κ2) is 14.6. The lowest BCUT2D eigenvalue weighted by atomic mass is 10.1. The molecule has 0 radical (unpaired) electrons. The summed E-state index contributed by atoms with van der Waals surface area (Å²) in [7, 11) is -18.9. The third kappa shape index (κ3) is 8.61. The first-order valence-electron chi connectivity index (χ1n) is 15.4. The van der Waals surface area contributed by atoms with Gasteiger partial charge in [0.25, 0.3) is 40.5 Å². The lowest BCUT2D eigenvalue weighted by molar-refractivity contribution is 0.480. The van der Waals surface area contributed by atoms with Gasteiger partial charge in [-0.1, -0.05) is 48.6 Å². The van der Waals surface area contributed by atoms with Crippen LogP contribution in [-0.4, -0.2) is 51.9 Å². The van der Waals surface area contributed by atoms with Crippen LogP contribution in [0.15, 0.2) is 137 Å². The molecule has 6 aromatic rings. The second-order valence-corrected chi connectivity index (χ2v) is 17.5. The van der Waals surface area contributed by atoms with Gasteiger partial charge in [-0.3, -0.25) is 18.2 Å². The lowest BCUT2D eigenvalue weighted by Gasteiger charge is -2.08. The normalized spacial score (nSPS) is 13.1. The topological polar surface area (TPSA) is 319 Å². The van der Waals surface area contributed by atoms with Gasteiger partial charge in [-0.2, -0.15) is 43.9 Å². The highest BCUT2D eigenvalue weighted by molar-refractivity contribution is 7.86. The van der Waals surface area contributed by atoms with Crippen molar-refractivity contribution >= 4 is 108 Å². The summed E-state index contributed by atoms with van der Waals surface area (Å²) in [6, 6.07) is 20.4. The van der Waals surface area contributed by atoms with E-state index in [1.54, 1.807) is 6.07 Å². The smallest absolute Gasteiger partial charge is 0.295 e. The van der Waals surface area contributed by atoms with Crippen molar-refractivity contribution in [2.75, 3.05) is 11.5 Å². The van der Waals surface area contributed by atoms with Gasteiger partial charge in [0, 0.05) is 10.8 Å². The van der Waals surface area contributed by atoms with Crippen molar-refractivity contribution in [2.45, 2.75) is 19.6 Å². The largest absolute Gasteiger partial charge is 0.397 e. The highest BCUT2D eigenvalue weighted by Crippen LogP contribution is 2.37. The van der Waals surface area contributed by atoms with Gasteiger partial charge in [-0.05, 0) is 82.6 Å². The number of rotatable bonds is 10. The maximum absolute atomic E-state index is 12.4. The predicted octanol–water partition coefficient (Wildman–Crippen LogP) is 7.15. The Hall–Kier alpha value is -5.98. The van der Waals surface area contributed by atoms with Crippen molar-refractivity contribution < 1.29 is 51.9 Å². The zero-order chi connectivity index (χ0) is 40.8. The zero-order valence-corrected chi connectivity index (χ0v) is 31.3. The molecule has 0 spiro atoms. The standard InChI is InChI=1S/C34H26N6O12S4/c35-29-14-7-22-15-25(53(41,42)43)11-12-27(22)33(29)39-37-23-8-3-20(31(16-23)55(47,48)49)1-2-21-4-9-24(17-32(21)56(50,51)52)38-40-34-28-18-26(54(44,45)46)10-5-19(28)6-13-30(34)36/h1-18H,35-36H2,(H,41,42,43)(H,44,45,46)(H,47,48,49)(H,50,51,52)/b2-1+,39-37?,40-38?. The number of nitrogens with zero attached hydrogens (tertiary/aromatic N) is 4. The fraction of sp³-hybridized carbons (Fsp3) is 0. The zero-order valence-electron chi connectivity index (χ0n) is 28.0. The number of anilines is 2. The molecule has 8 N–H and O–H groups in total. The van der Waals surface area contributed by atoms with Gasteiger partial charge in [0.1, 0.15) is 21.2 Å². The fourth-order valence-corrected chi connectivity index (χ4v) is 7.87. The van der Waals surface area contributed by atoms with Crippen LogP contribution in [0.2, 0.25) is 0 Å². The van der Waals surface area contributed by atoms with E-state index in [2.05, 4.69) is 20.5 Å². The molecular weight excluding hydrogens is 813 g/mol. The Kier molecular flexibility index (Phi) is 10.3. The van der Waals surface area contributed by atoms with Crippen molar-refractivity contribution in [3.63, 3.8) is 0 Å². The van der Waals surface area contributed by atoms with Gasteiger partial charge >= 0.3 is 0 Å². The maximum Gasteiger partial charge on any atom is 0.295 e. The number of fused-ring (bicyclic) bond motifs is 2. The Morgan fingerprint density at radius 1 is 0.429 bits per heavy atom. The average Bonchev–Trinajstić information content (AvgIpc) is 3.11. The van der Waals surface area contributed by atoms with Crippen LogP contribution in [0.5, 0.6) is 0 Å². The molecule has 0 atom stereocenters. The van der Waals surface area contributed by atoms with Crippen LogP contribution in [0.1, 0.15) is 11.1 Å². The van der Waals surface area contributed by atoms with E-state index >= 15 is 0 Å². The summed E-state index contributed by atoms with van der Waals surface area (Å²) in [5, 5.41) is 17.6. The highest BCUT2D eigenvalue weighted by Gasteiger charge is 2.19. The predicted molar refractivity (Wildman–Crippen MR) is 206 cm³/mol. The van der Waals surface area contributed by atoms with Gasteiger partial charge < -0.3 is 11.5 Å². The van der Waals surface area contributed by atoms with Crippen LogP contribution in [-0.2, 0) is 40.5 Å². The number of hydrogen-bond acceptors (Lipinski definition) is 14. The molecule has 0 amide bonds. The molecule has 0 bridgehead atoms. The molecular formula is C34H26N6O12S4. The summed E-state index contributed by atoms with van der Waals surface area (Å²) in [6.07, 6.45) is 2.29. The molecule has 0 saturated carbocycles. The van der Waals surface area contributed by atoms with Crippen molar-refractivity contribution in [3.8, 4) is 0 Å².